The lowest BCUT2D eigenvalue weighted by atomic mass is 9.93. The Bertz CT molecular complexity index is 1300. The summed E-state index contributed by atoms with van der Waals surface area (Å²) in [5, 5.41) is 13.1. The fourth-order valence-electron chi connectivity index (χ4n) is 5.72. The molecule has 1 amide bonds. The van der Waals surface area contributed by atoms with Crippen LogP contribution in [0.2, 0.25) is 10.0 Å². The summed E-state index contributed by atoms with van der Waals surface area (Å²) in [6.07, 6.45) is 11.6. The lowest BCUT2D eigenvalue weighted by molar-refractivity contribution is -0.138. The number of anilines is 1. The van der Waals surface area contributed by atoms with E-state index in [0.717, 1.165) is 64.1 Å². The Morgan fingerprint density at radius 3 is 2.50 bits per heavy atom. The van der Waals surface area contributed by atoms with Crippen molar-refractivity contribution in [2.45, 2.75) is 38.3 Å². The monoisotopic (exact) mass is 582 g/mol. The first kappa shape index (κ1) is 28.6. The molecule has 2 atom stereocenters. The van der Waals surface area contributed by atoms with Gasteiger partial charge in [0.15, 0.2) is 0 Å². The third kappa shape index (κ3) is 6.36. The number of halogens is 2. The lowest BCUT2D eigenvalue weighted by Gasteiger charge is -2.40. The number of nitrogens with zero attached hydrogens (tertiary/aromatic N) is 3. The fourth-order valence-corrected chi connectivity index (χ4v) is 6.39. The van der Waals surface area contributed by atoms with E-state index in [4.69, 9.17) is 39.1 Å². The number of piperidine rings is 1. The van der Waals surface area contributed by atoms with Crippen LogP contribution in [0.15, 0.2) is 54.4 Å². The maximum Gasteiger partial charge on any atom is 0.225 e. The van der Waals surface area contributed by atoms with Gasteiger partial charge in [0.05, 0.1) is 15.8 Å². The van der Waals surface area contributed by atoms with Crippen LogP contribution < -0.4 is 15.8 Å². The number of hydrogen-bond acceptors (Lipinski definition) is 7. The van der Waals surface area contributed by atoms with Gasteiger partial charge in [-0.25, -0.2) is 0 Å². The minimum atomic E-state index is -0.418. The predicted octanol–water partition coefficient (Wildman–Crippen LogP) is 4.88. The van der Waals surface area contributed by atoms with Gasteiger partial charge in [0, 0.05) is 67.3 Å². The minimum absolute atomic E-state index is 0.171. The summed E-state index contributed by atoms with van der Waals surface area (Å²) < 4.78 is 6.13. The van der Waals surface area contributed by atoms with Crippen LogP contribution in [0.4, 0.5) is 5.69 Å². The molecular weight excluding hydrogens is 547 g/mol. The number of nitrogens with two attached hydrogens (primary N) is 1. The Balaban J connectivity index is 1.18. The van der Waals surface area contributed by atoms with Crippen LogP contribution in [0.3, 0.4) is 0 Å². The Hall–Kier alpha value is -2.91. The Morgan fingerprint density at radius 2 is 1.85 bits per heavy atom. The van der Waals surface area contributed by atoms with Crippen LogP contribution in [-0.4, -0.2) is 71.7 Å². The number of carbonyl (C=O) groups is 1. The molecule has 0 radical (unpaired) electrons. The lowest BCUT2D eigenvalue weighted by Crippen LogP contribution is -2.53. The summed E-state index contributed by atoms with van der Waals surface area (Å²) in [5.41, 5.74) is 9.23. The standard InChI is InChI=1S/C30H36Cl2N6O2/c1-19(28-25(31)17-36-18-26(28)32)40-23-6-7-27(33)24(16-23)29(34)20-2-4-22(5-3-20)37-12-14-38(15-13-37)30(39)21-8-10-35-11-9-21/h2-4,6-7,16-19,21-22,34-35H,5,8-15,33H2,1H3/t19-,22?/m1/s1. The molecule has 2 saturated heterocycles. The molecule has 8 nitrogen and oxygen atoms in total. The maximum atomic E-state index is 12.9. The minimum Gasteiger partial charge on any atom is -0.486 e. The van der Waals surface area contributed by atoms with E-state index in [2.05, 4.69) is 27.4 Å². The molecule has 1 aromatic heterocycles. The average Bonchev–Trinajstić information content (AvgIpc) is 2.98. The van der Waals surface area contributed by atoms with Gasteiger partial charge in [-0.1, -0.05) is 41.4 Å². The number of hydrogen-bond donors (Lipinski definition) is 3. The molecule has 2 aliphatic heterocycles. The van der Waals surface area contributed by atoms with E-state index in [1.54, 1.807) is 18.2 Å². The first-order chi connectivity index (χ1) is 19.3. The van der Waals surface area contributed by atoms with Crippen LogP contribution >= 0.6 is 23.2 Å². The zero-order chi connectivity index (χ0) is 28.2. The molecule has 0 saturated carbocycles. The van der Waals surface area contributed by atoms with Crippen LogP contribution in [0.25, 0.3) is 0 Å². The number of rotatable bonds is 7. The SMILES string of the molecule is C[C@@H](Oc1ccc(N)c(C(=N)C2=CCC(N3CCN(C(=O)C4CCNCC4)CC3)C=C2)c1)c1c(Cl)cncc1Cl. The number of piperazine rings is 1. The molecule has 2 fully saturated rings. The molecule has 4 N–H and O–H groups in total. The molecule has 212 valence electrons. The van der Waals surface area contributed by atoms with E-state index in [1.807, 2.05) is 17.9 Å². The van der Waals surface area contributed by atoms with Gasteiger partial charge in [-0.2, -0.15) is 0 Å². The molecule has 0 bridgehead atoms. The highest BCUT2D eigenvalue weighted by molar-refractivity contribution is 6.35. The van der Waals surface area contributed by atoms with Crippen molar-refractivity contribution >= 4 is 40.5 Å². The number of nitrogens with one attached hydrogen (secondary N) is 2. The third-order valence-electron chi connectivity index (χ3n) is 8.05. The molecule has 3 heterocycles. The first-order valence-corrected chi connectivity index (χ1v) is 14.6. The molecule has 10 heteroatoms. The van der Waals surface area contributed by atoms with E-state index in [9.17, 15) is 4.79 Å². The van der Waals surface area contributed by atoms with E-state index < -0.39 is 6.10 Å². The Kier molecular flexibility index (Phi) is 9.10. The molecular formula is C30H36Cl2N6O2. The van der Waals surface area contributed by atoms with Crippen LogP contribution in [0, 0.1) is 11.3 Å². The molecule has 2 aromatic rings. The quantitative estimate of drug-likeness (QED) is 0.317. The van der Waals surface area contributed by atoms with Gasteiger partial charge in [0.2, 0.25) is 5.91 Å². The summed E-state index contributed by atoms with van der Waals surface area (Å²) >= 11 is 12.6. The highest BCUT2D eigenvalue weighted by atomic mass is 35.5. The zero-order valence-corrected chi connectivity index (χ0v) is 24.2. The smallest absolute Gasteiger partial charge is 0.225 e. The highest BCUT2D eigenvalue weighted by Gasteiger charge is 2.30. The van der Waals surface area contributed by atoms with Gasteiger partial charge in [-0.15, -0.1) is 0 Å². The van der Waals surface area contributed by atoms with Crippen molar-refractivity contribution in [3.05, 3.63) is 75.6 Å². The van der Waals surface area contributed by atoms with Gasteiger partial charge < -0.3 is 20.7 Å². The molecule has 40 heavy (non-hydrogen) atoms. The summed E-state index contributed by atoms with van der Waals surface area (Å²) in [4.78, 5) is 21.4. The van der Waals surface area contributed by atoms with Crippen molar-refractivity contribution in [2.24, 2.45) is 5.92 Å². The number of aromatic nitrogens is 1. The number of nitrogen functional groups attached to an aromatic ring is 1. The van der Waals surface area contributed by atoms with Crippen molar-refractivity contribution in [2.75, 3.05) is 45.0 Å². The number of carbonyl (C=O) groups excluding carboxylic acids is 1. The third-order valence-corrected chi connectivity index (χ3v) is 8.66. The number of pyridine rings is 1. The second-order valence-corrected chi connectivity index (χ2v) is 11.4. The summed E-state index contributed by atoms with van der Waals surface area (Å²) in [6.45, 7) is 7.01. The van der Waals surface area contributed by atoms with E-state index in [-0.39, 0.29) is 12.0 Å². The molecule has 5 rings (SSSR count). The van der Waals surface area contributed by atoms with Gasteiger partial charge >= 0.3 is 0 Å². The first-order valence-electron chi connectivity index (χ1n) is 13.9. The normalized spacial score (nSPS) is 21.1. The zero-order valence-electron chi connectivity index (χ0n) is 22.7. The van der Waals surface area contributed by atoms with Gasteiger partial charge in [0.25, 0.3) is 0 Å². The number of benzene rings is 1. The molecule has 1 aromatic carbocycles. The van der Waals surface area contributed by atoms with Crippen molar-refractivity contribution in [3.8, 4) is 5.75 Å². The van der Waals surface area contributed by atoms with E-state index >= 15 is 0 Å². The van der Waals surface area contributed by atoms with Crippen molar-refractivity contribution in [3.63, 3.8) is 0 Å². The van der Waals surface area contributed by atoms with Crippen LogP contribution in [0.5, 0.6) is 5.75 Å². The summed E-state index contributed by atoms with van der Waals surface area (Å²) in [5.74, 6) is 1.06. The van der Waals surface area contributed by atoms with Gasteiger partial charge in [-0.05, 0) is 63.0 Å². The van der Waals surface area contributed by atoms with Crippen LogP contribution in [0.1, 0.15) is 43.4 Å². The molecule has 1 unspecified atom stereocenters. The van der Waals surface area contributed by atoms with Crippen molar-refractivity contribution < 1.29 is 9.53 Å². The molecule has 1 aliphatic carbocycles. The predicted molar refractivity (Wildman–Crippen MR) is 160 cm³/mol. The second kappa shape index (κ2) is 12.7. The highest BCUT2D eigenvalue weighted by Crippen LogP contribution is 2.34. The summed E-state index contributed by atoms with van der Waals surface area (Å²) in [7, 11) is 0. The average molecular weight is 584 g/mol. The second-order valence-electron chi connectivity index (χ2n) is 10.6. The van der Waals surface area contributed by atoms with E-state index in [0.29, 0.717) is 44.2 Å². The van der Waals surface area contributed by atoms with Crippen LogP contribution in [-0.2, 0) is 4.79 Å². The molecule has 3 aliphatic rings. The number of ether oxygens (including phenoxy) is 1. The van der Waals surface area contributed by atoms with Gasteiger partial charge in [0.1, 0.15) is 11.9 Å². The maximum absolute atomic E-state index is 12.9. The molecule has 0 spiro atoms. The van der Waals surface area contributed by atoms with Crippen molar-refractivity contribution in [1.82, 2.24) is 20.1 Å². The largest absolute Gasteiger partial charge is 0.486 e. The Morgan fingerprint density at radius 1 is 1.15 bits per heavy atom. The topological polar surface area (TPSA) is 108 Å². The number of amides is 1. The fraction of sp³-hybridized carbons (Fsp3) is 0.433. The van der Waals surface area contributed by atoms with Gasteiger partial charge in [-0.3, -0.25) is 20.1 Å². The summed E-state index contributed by atoms with van der Waals surface area (Å²) in [6, 6.07) is 5.58. The number of allylic oxidation sites excluding steroid dienone is 2. The van der Waals surface area contributed by atoms with Crippen molar-refractivity contribution in [1.29, 1.82) is 5.41 Å². The Labute approximate surface area is 245 Å². The van der Waals surface area contributed by atoms with E-state index in [1.165, 1.54) is 12.4 Å².